The van der Waals surface area contributed by atoms with Gasteiger partial charge in [-0.15, -0.1) is 10.2 Å². The molecular formula is C17H16FN3O3S. The van der Waals surface area contributed by atoms with Crippen LogP contribution in [-0.2, 0) is 22.2 Å². The SMILES string of the molecule is O=S(=O)(Cc1ccccc1)NCCc1nnc(-c2ccccc2F)o1. The number of benzene rings is 2. The minimum Gasteiger partial charge on any atom is -0.421 e. The van der Waals surface area contributed by atoms with Gasteiger partial charge in [0.25, 0.3) is 5.89 Å². The van der Waals surface area contributed by atoms with Crippen LogP contribution in [0.2, 0.25) is 0 Å². The molecule has 0 atom stereocenters. The van der Waals surface area contributed by atoms with E-state index in [0.29, 0.717) is 5.56 Å². The topological polar surface area (TPSA) is 85.1 Å². The summed E-state index contributed by atoms with van der Waals surface area (Å²) in [6.45, 7) is 0.119. The summed E-state index contributed by atoms with van der Waals surface area (Å²) in [7, 11) is -3.46. The predicted octanol–water partition coefficient (Wildman–Crippen LogP) is 2.54. The fourth-order valence-corrected chi connectivity index (χ4v) is 3.40. The van der Waals surface area contributed by atoms with E-state index in [1.54, 1.807) is 36.4 Å². The first-order chi connectivity index (χ1) is 12.0. The first-order valence-electron chi connectivity index (χ1n) is 7.62. The van der Waals surface area contributed by atoms with E-state index in [2.05, 4.69) is 14.9 Å². The van der Waals surface area contributed by atoms with Gasteiger partial charge in [0.2, 0.25) is 15.9 Å². The predicted molar refractivity (Wildman–Crippen MR) is 90.5 cm³/mol. The number of nitrogens with zero attached hydrogens (tertiary/aromatic N) is 2. The Morgan fingerprint density at radius 3 is 2.48 bits per heavy atom. The molecule has 3 rings (SSSR count). The fourth-order valence-electron chi connectivity index (χ4n) is 2.26. The number of hydrogen-bond acceptors (Lipinski definition) is 5. The number of sulfonamides is 1. The molecule has 1 aromatic heterocycles. The molecule has 0 fully saturated rings. The summed E-state index contributed by atoms with van der Waals surface area (Å²) >= 11 is 0. The second-order valence-corrected chi connectivity index (χ2v) is 7.18. The summed E-state index contributed by atoms with van der Waals surface area (Å²) in [5.74, 6) is -0.250. The molecule has 0 aliphatic heterocycles. The van der Waals surface area contributed by atoms with Crippen LogP contribution in [0.25, 0.3) is 11.5 Å². The molecule has 25 heavy (non-hydrogen) atoms. The third-order valence-corrected chi connectivity index (χ3v) is 4.79. The van der Waals surface area contributed by atoms with Gasteiger partial charge in [-0.2, -0.15) is 0 Å². The van der Waals surface area contributed by atoms with E-state index < -0.39 is 15.8 Å². The van der Waals surface area contributed by atoms with Crippen LogP contribution in [0.4, 0.5) is 4.39 Å². The third kappa shape index (κ3) is 4.71. The van der Waals surface area contributed by atoms with Crippen LogP contribution in [0, 0.1) is 5.82 Å². The van der Waals surface area contributed by atoms with E-state index in [0.717, 1.165) is 0 Å². The van der Waals surface area contributed by atoms with E-state index in [4.69, 9.17) is 4.42 Å². The molecule has 8 heteroatoms. The second-order valence-electron chi connectivity index (χ2n) is 5.37. The Kier molecular flexibility index (Phi) is 5.20. The Bertz CT molecular complexity index is 943. The lowest BCUT2D eigenvalue weighted by Gasteiger charge is -2.05. The molecule has 1 heterocycles. The molecule has 0 unspecified atom stereocenters. The van der Waals surface area contributed by atoms with Crippen LogP contribution < -0.4 is 4.72 Å². The standard InChI is InChI=1S/C17H16FN3O3S/c18-15-9-5-4-8-14(15)17-21-20-16(24-17)10-11-19-25(22,23)12-13-6-2-1-3-7-13/h1-9,19H,10-12H2. The molecule has 0 amide bonds. The summed E-state index contributed by atoms with van der Waals surface area (Å²) in [6, 6.07) is 15.0. The number of aromatic nitrogens is 2. The molecule has 0 aliphatic rings. The molecule has 0 saturated carbocycles. The minimum atomic E-state index is -3.46. The van der Waals surface area contributed by atoms with Crippen LogP contribution in [-0.4, -0.2) is 25.2 Å². The zero-order valence-corrected chi connectivity index (χ0v) is 14.0. The van der Waals surface area contributed by atoms with Gasteiger partial charge in [0.1, 0.15) is 5.82 Å². The largest absolute Gasteiger partial charge is 0.421 e. The van der Waals surface area contributed by atoms with Crippen LogP contribution >= 0.6 is 0 Å². The molecule has 1 N–H and O–H groups in total. The zero-order valence-electron chi connectivity index (χ0n) is 13.2. The van der Waals surface area contributed by atoms with Gasteiger partial charge in [0, 0.05) is 13.0 Å². The van der Waals surface area contributed by atoms with Crippen LogP contribution in [0.5, 0.6) is 0 Å². The van der Waals surface area contributed by atoms with Gasteiger partial charge in [0.05, 0.1) is 11.3 Å². The van der Waals surface area contributed by atoms with Gasteiger partial charge in [-0.3, -0.25) is 0 Å². The normalized spacial score (nSPS) is 11.6. The molecule has 2 aromatic carbocycles. The first-order valence-corrected chi connectivity index (χ1v) is 9.27. The van der Waals surface area contributed by atoms with Crippen molar-refractivity contribution in [3.8, 4) is 11.5 Å². The monoisotopic (exact) mass is 361 g/mol. The van der Waals surface area contributed by atoms with Crippen molar-refractivity contribution in [2.24, 2.45) is 0 Å². The third-order valence-electron chi connectivity index (χ3n) is 3.43. The lowest BCUT2D eigenvalue weighted by molar-refractivity contribution is 0.498. The molecule has 6 nitrogen and oxygen atoms in total. The van der Waals surface area contributed by atoms with Gasteiger partial charge in [-0.05, 0) is 17.7 Å². The zero-order chi connectivity index (χ0) is 17.7. The van der Waals surface area contributed by atoms with Crippen molar-refractivity contribution in [2.45, 2.75) is 12.2 Å². The molecule has 0 bridgehead atoms. The van der Waals surface area contributed by atoms with E-state index in [1.165, 1.54) is 12.1 Å². The Hall–Kier alpha value is -2.58. The van der Waals surface area contributed by atoms with Crippen LogP contribution in [0.3, 0.4) is 0 Å². The second kappa shape index (κ2) is 7.54. The number of rotatable bonds is 7. The fraction of sp³-hybridized carbons (Fsp3) is 0.176. The molecule has 3 aromatic rings. The van der Waals surface area contributed by atoms with E-state index in [1.807, 2.05) is 6.07 Å². The molecular weight excluding hydrogens is 345 g/mol. The van der Waals surface area contributed by atoms with Crippen molar-refractivity contribution < 1.29 is 17.2 Å². The lowest BCUT2D eigenvalue weighted by atomic mass is 10.2. The van der Waals surface area contributed by atoms with Gasteiger partial charge >= 0.3 is 0 Å². The van der Waals surface area contributed by atoms with Gasteiger partial charge in [0.15, 0.2) is 0 Å². The average Bonchev–Trinajstić information content (AvgIpc) is 3.04. The average molecular weight is 361 g/mol. The summed E-state index contributed by atoms with van der Waals surface area (Å²) < 4.78 is 45.6. The van der Waals surface area contributed by atoms with E-state index in [9.17, 15) is 12.8 Å². The molecule has 0 saturated heterocycles. The quantitative estimate of drug-likeness (QED) is 0.699. The Labute approximate surface area is 144 Å². The maximum Gasteiger partial charge on any atom is 0.250 e. The van der Waals surface area contributed by atoms with Crippen molar-refractivity contribution in [3.63, 3.8) is 0 Å². The van der Waals surface area contributed by atoms with Gasteiger partial charge in [-0.25, -0.2) is 17.5 Å². The Balaban J connectivity index is 1.57. The number of halogens is 1. The smallest absolute Gasteiger partial charge is 0.250 e. The maximum absolute atomic E-state index is 13.7. The van der Waals surface area contributed by atoms with Crippen LogP contribution in [0.1, 0.15) is 11.5 Å². The van der Waals surface area contributed by atoms with Crippen LogP contribution in [0.15, 0.2) is 59.0 Å². The van der Waals surface area contributed by atoms with Crippen molar-refractivity contribution in [1.82, 2.24) is 14.9 Å². The summed E-state index contributed by atoms with van der Waals surface area (Å²) in [5.41, 5.74) is 0.917. The van der Waals surface area contributed by atoms with Gasteiger partial charge < -0.3 is 4.42 Å². The number of hydrogen-bond donors (Lipinski definition) is 1. The Morgan fingerprint density at radius 1 is 1.00 bits per heavy atom. The summed E-state index contributed by atoms with van der Waals surface area (Å²) in [6.07, 6.45) is 0.218. The van der Waals surface area contributed by atoms with Crippen molar-refractivity contribution in [2.75, 3.05) is 6.54 Å². The van der Waals surface area contributed by atoms with Crippen molar-refractivity contribution in [1.29, 1.82) is 0 Å². The highest BCUT2D eigenvalue weighted by molar-refractivity contribution is 7.88. The highest BCUT2D eigenvalue weighted by atomic mass is 32.2. The summed E-state index contributed by atoms with van der Waals surface area (Å²) in [4.78, 5) is 0. The maximum atomic E-state index is 13.7. The molecule has 130 valence electrons. The highest BCUT2D eigenvalue weighted by Gasteiger charge is 2.14. The molecule has 0 radical (unpaired) electrons. The molecule has 0 aliphatic carbocycles. The molecule has 0 spiro atoms. The highest BCUT2D eigenvalue weighted by Crippen LogP contribution is 2.20. The first kappa shape index (κ1) is 17.2. The van der Waals surface area contributed by atoms with E-state index >= 15 is 0 Å². The van der Waals surface area contributed by atoms with Crippen molar-refractivity contribution in [3.05, 3.63) is 71.9 Å². The minimum absolute atomic E-state index is 0.0697. The Morgan fingerprint density at radius 2 is 1.72 bits per heavy atom. The van der Waals surface area contributed by atoms with Gasteiger partial charge in [-0.1, -0.05) is 42.5 Å². The summed E-state index contributed by atoms with van der Waals surface area (Å²) in [5, 5.41) is 7.62. The van der Waals surface area contributed by atoms with E-state index in [-0.39, 0.29) is 36.1 Å². The number of nitrogens with one attached hydrogen (secondary N) is 1. The van der Waals surface area contributed by atoms with Crippen molar-refractivity contribution >= 4 is 10.0 Å². The lowest BCUT2D eigenvalue weighted by Crippen LogP contribution is -2.27.